The molecule has 0 radical (unpaired) electrons. The highest BCUT2D eigenvalue weighted by molar-refractivity contribution is 7.97. The molecule has 4 aromatic rings. The first kappa shape index (κ1) is 46.4. The molecular weight excluding hydrogens is 781 g/mol. The molecule has 1 aliphatic carbocycles. The molecule has 0 fully saturated rings. The van der Waals surface area contributed by atoms with Crippen molar-refractivity contribution in [3.05, 3.63) is 231 Å². The van der Waals surface area contributed by atoms with Gasteiger partial charge in [0.15, 0.2) is 0 Å². The fraction of sp³-hybridized carbons (Fsp3) is 0.182. The summed E-state index contributed by atoms with van der Waals surface area (Å²) < 4.78 is 0. The molecule has 0 bridgehead atoms. The largest absolute Gasteiger partial charge is 0.478 e. The average Bonchev–Trinajstić information content (AvgIpc) is 4.10. The zero-order valence-electron chi connectivity index (χ0n) is 37.2. The molecule has 6 nitrogen and oxygen atoms in total. The highest BCUT2D eigenvalue weighted by atomic mass is 32.2. The van der Waals surface area contributed by atoms with Crippen LogP contribution in [-0.4, -0.2) is 45.0 Å². The van der Waals surface area contributed by atoms with E-state index in [1.165, 1.54) is 11.1 Å². The Balaban J connectivity index is 0.00000139. The highest BCUT2D eigenvalue weighted by Gasteiger charge is 2.21. The molecule has 0 atom stereocenters. The second kappa shape index (κ2) is 22.8. The Bertz CT molecular complexity index is 2750. The Morgan fingerprint density at radius 2 is 1.37 bits per heavy atom. The van der Waals surface area contributed by atoms with Gasteiger partial charge in [0.05, 0.1) is 28.4 Å². The second-order valence-electron chi connectivity index (χ2n) is 14.6. The standard InChI is InChI=1S/C51H46N4O2.C2H6S.C2H6/c1-6-8-12-36(10-7-2)32-41-25-27-43(53-41)48(37-13-9-11-33(3)14-18-37)44-28-30-46(54-44)50(38-19-15-34(4)16-20-38)47-31-29-45(55-47)49(42-26-17-35(5)52-42)39-21-23-40(24-22-39)51(56)57;1-3-2;1-2/h7-8,10-32,52,54H,2,6,9H2,1,3-5H3,(H,56,57);1-2H3;1-2H3/b12-8-,36-10+,41-32+,48-44-,49-45-,50-46-;;. The molecule has 2 aromatic heterocycles. The normalized spacial score (nSPS) is 17.0. The second-order valence-corrected chi connectivity index (χ2v) is 15.4. The Hall–Kier alpha value is -6.70. The van der Waals surface area contributed by atoms with Crippen molar-refractivity contribution in [2.45, 2.75) is 54.4 Å². The Kier molecular flexibility index (Phi) is 17.0. The number of nitrogens with zero attached hydrogens (tertiary/aromatic N) is 2. The lowest BCUT2D eigenvalue weighted by molar-refractivity contribution is 0.0697. The Morgan fingerprint density at radius 3 is 2.02 bits per heavy atom. The maximum absolute atomic E-state index is 11.7. The van der Waals surface area contributed by atoms with Crippen LogP contribution in [0.15, 0.2) is 196 Å². The van der Waals surface area contributed by atoms with Gasteiger partial charge in [-0.05, 0) is 135 Å². The molecule has 0 saturated heterocycles. The quantitative estimate of drug-likeness (QED) is 0.131. The number of aromatic nitrogens is 2. The lowest BCUT2D eigenvalue weighted by atomic mass is 9.99. The minimum absolute atomic E-state index is 0.233. The number of H-pyrrole nitrogens is 2. The van der Waals surface area contributed by atoms with Crippen LogP contribution in [0.2, 0.25) is 0 Å². The average molecular weight is 839 g/mol. The van der Waals surface area contributed by atoms with Crippen LogP contribution >= 0.6 is 11.8 Å². The smallest absolute Gasteiger partial charge is 0.335 e. The molecule has 0 saturated carbocycles. The van der Waals surface area contributed by atoms with E-state index in [1.807, 2.05) is 69.7 Å². The number of carbonyl (C=O) groups is 1. The van der Waals surface area contributed by atoms with E-state index >= 15 is 0 Å². The summed E-state index contributed by atoms with van der Waals surface area (Å²) in [6.45, 7) is 16.3. The van der Waals surface area contributed by atoms with E-state index in [1.54, 1.807) is 30.0 Å². The number of carboxylic acids is 1. The molecule has 2 aromatic carbocycles. The third kappa shape index (κ3) is 11.8. The molecule has 7 heteroatoms. The summed E-state index contributed by atoms with van der Waals surface area (Å²) in [5.74, 6) is -0.962. The molecule has 4 heterocycles. The van der Waals surface area contributed by atoms with Crippen LogP contribution in [0.4, 0.5) is 0 Å². The predicted molar refractivity (Wildman–Crippen MR) is 267 cm³/mol. The van der Waals surface area contributed by atoms with E-state index in [9.17, 15) is 9.90 Å². The van der Waals surface area contributed by atoms with Crippen LogP contribution in [-0.2, 0) is 0 Å². The molecule has 3 N–H and O–H groups in total. The monoisotopic (exact) mass is 838 g/mol. The summed E-state index contributed by atoms with van der Waals surface area (Å²) in [5, 5.41) is 11.4. The molecule has 0 spiro atoms. The van der Waals surface area contributed by atoms with E-state index in [0.717, 1.165) is 96.7 Å². The van der Waals surface area contributed by atoms with Gasteiger partial charge in [-0.1, -0.05) is 123 Å². The number of nitrogens with one attached hydrogen (secondary N) is 2. The number of aromatic carboxylic acids is 1. The van der Waals surface area contributed by atoms with Crippen LogP contribution in [0.3, 0.4) is 0 Å². The summed E-state index contributed by atoms with van der Waals surface area (Å²) in [4.78, 5) is 29.4. The summed E-state index contributed by atoms with van der Waals surface area (Å²) in [6.07, 6.45) is 33.0. The number of aliphatic imine (C=N–C) groups is 2. The van der Waals surface area contributed by atoms with E-state index < -0.39 is 5.97 Å². The lowest BCUT2D eigenvalue weighted by Gasteiger charge is -2.10. The van der Waals surface area contributed by atoms with Crippen molar-refractivity contribution in [2.75, 3.05) is 12.5 Å². The number of hydrogen-bond donors (Lipinski definition) is 3. The van der Waals surface area contributed by atoms with E-state index in [0.29, 0.717) is 0 Å². The molecule has 7 rings (SSSR count). The fourth-order valence-electron chi connectivity index (χ4n) is 7.03. The minimum atomic E-state index is -0.962. The number of thioether (sulfide) groups is 1. The van der Waals surface area contributed by atoms with Gasteiger partial charge in [-0.25, -0.2) is 14.8 Å². The van der Waals surface area contributed by atoms with Crippen molar-refractivity contribution in [1.82, 2.24) is 9.97 Å². The molecule has 3 aliphatic rings. The number of aromatic amines is 2. The minimum Gasteiger partial charge on any atom is -0.478 e. The van der Waals surface area contributed by atoms with Crippen LogP contribution in [0.1, 0.15) is 79.0 Å². The van der Waals surface area contributed by atoms with Gasteiger partial charge in [-0.3, -0.25) is 0 Å². The van der Waals surface area contributed by atoms with Crippen LogP contribution in [0, 0.1) is 13.8 Å². The molecular formula is C55H58N4O2S. The lowest BCUT2D eigenvalue weighted by Crippen LogP contribution is -2.21. The maximum Gasteiger partial charge on any atom is 0.335 e. The topological polar surface area (TPSA) is 93.6 Å². The van der Waals surface area contributed by atoms with Crippen molar-refractivity contribution in [3.63, 3.8) is 0 Å². The summed E-state index contributed by atoms with van der Waals surface area (Å²) >= 11 is 1.75. The maximum atomic E-state index is 11.7. The number of allylic oxidation sites excluding steroid dienone is 16. The molecule has 62 heavy (non-hydrogen) atoms. The van der Waals surface area contributed by atoms with E-state index in [2.05, 4.69) is 134 Å². The van der Waals surface area contributed by atoms with E-state index in [4.69, 9.17) is 9.98 Å². The Morgan fingerprint density at radius 1 is 0.742 bits per heavy atom. The molecule has 0 unspecified atom stereocenters. The first-order valence-electron chi connectivity index (χ1n) is 21.1. The zero-order valence-corrected chi connectivity index (χ0v) is 38.0. The summed E-state index contributed by atoms with van der Waals surface area (Å²) in [6, 6.07) is 23.8. The molecule has 316 valence electrons. The van der Waals surface area contributed by atoms with Gasteiger partial charge in [0.25, 0.3) is 0 Å². The third-order valence-electron chi connectivity index (χ3n) is 9.92. The number of rotatable bonds is 11. The van der Waals surface area contributed by atoms with Crippen molar-refractivity contribution < 1.29 is 9.90 Å². The van der Waals surface area contributed by atoms with Gasteiger partial charge in [0, 0.05) is 38.8 Å². The SMILES string of the molecule is C=C/C=C(\C=C/CC)/C=C1\C=CC(C(/C2=CCC=C(C)C=C2)=c2/cc/c(=C(C3=N/C(=C(/c4ccc(C(=O)O)cc4)c4ccc(C)[nH]4)C=C3)\c3ccc(C)cc3)[nH]2)=N1.CC.CSC. The van der Waals surface area contributed by atoms with Crippen molar-refractivity contribution in [3.8, 4) is 0 Å². The number of hydrogen-bond acceptors (Lipinski definition) is 4. The Labute approximate surface area is 371 Å². The van der Waals surface area contributed by atoms with Crippen molar-refractivity contribution in [1.29, 1.82) is 0 Å². The summed E-state index contributed by atoms with van der Waals surface area (Å²) in [7, 11) is 0. The third-order valence-corrected chi connectivity index (χ3v) is 9.92. The highest BCUT2D eigenvalue weighted by Crippen LogP contribution is 2.32. The zero-order chi connectivity index (χ0) is 44.6. The number of benzene rings is 2. The van der Waals surface area contributed by atoms with Gasteiger partial charge < -0.3 is 15.1 Å². The van der Waals surface area contributed by atoms with Crippen molar-refractivity contribution in [2.24, 2.45) is 9.98 Å². The first-order valence-corrected chi connectivity index (χ1v) is 22.7. The predicted octanol–water partition coefficient (Wildman–Crippen LogP) is 12.3. The van der Waals surface area contributed by atoms with Gasteiger partial charge in [0.2, 0.25) is 0 Å². The van der Waals surface area contributed by atoms with E-state index in [-0.39, 0.29) is 5.56 Å². The summed E-state index contributed by atoms with van der Waals surface area (Å²) in [5.41, 5.74) is 14.8. The van der Waals surface area contributed by atoms with Gasteiger partial charge in [0.1, 0.15) is 0 Å². The number of aryl methyl sites for hydroxylation is 2. The van der Waals surface area contributed by atoms with Gasteiger partial charge >= 0.3 is 5.97 Å². The molecule has 2 aliphatic heterocycles. The van der Waals surface area contributed by atoms with Crippen molar-refractivity contribution >= 4 is 45.9 Å². The van der Waals surface area contributed by atoms with Gasteiger partial charge in [-0.2, -0.15) is 11.8 Å². The van der Waals surface area contributed by atoms with Crippen LogP contribution in [0.25, 0.3) is 16.7 Å². The molecule has 0 amide bonds. The van der Waals surface area contributed by atoms with Gasteiger partial charge in [-0.15, -0.1) is 0 Å². The number of carboxylic acid groups (broad SMARTS) is 1. The van der Waals surface area contributed by atoms with Crippen LogP contribution < -0.4 is 10.7 Å². The first-order chi connectivity index (χ1) is 30.1. The fourth-order valence-corrected chi connectivity index (χ4v) is 7.03. The van der Waals surface area contributed by atoms with Crippen LogP contribution in [0.5, 0.6) is 0 Å².